The van der Waals surface area contributed by atoms with E-state index in [-0.39, 0.29) is 17.6 Å². The summed E-state index contributed by atoms with van der Waals surface area (Å²) in [5, 5.41) is 6.45. The first kappa shape index (κ1) is 19.7. The van der Waals surface area contributed by atoms with Crippen LogP contribution in [0.4, 0.5) is 8.78 Å². The SMILES string of the molecule is CN=C(NCCCc1cccc(F)c1)NC(C)c1ccc(OC)c(F)c1. The maximum atomic E-state index is 13.8. The van der Waals surface area contributed by atoms with E-state index < -0.39 is 5.82 Å². The van der Waals surface area contributed by atoms with Crippen LogP contribution in [-0.2, 0) is 6.42 Å². The zero-order valence-corrected chi connectivity index (χ0v) is 15.4. The predicted octanol–water partition coefficient (Wildman–Crippen LogP) is 3.83. The Morgan fingerprint density at radius 1 is 1.19 bits per heavy atom. The van der Waals surface area contributed by atoms with Crippen molar-refractivity contribution in [2.24, 2.45) is 4.99 Å². The van der Waals surface area contributed by atoms with Gasteiger partial charge < -0.3 is 15.4 Å². The van der Waals surface area contributed by atoms with Gasteiger partial charge in [0.2, 0.25) is 0 Å². The maximum absolute atomic E-state index is 13.8. The van der Waals surface area contributed by atoms with Crippen molar-refractivity contribution in [3.05, 3.63) is 65.2 Å². The zero-order chi connectivity index (χ0) is 18.9. The van der Waals surface area contributed by atoms with Gasteiger partial charge in [-0.3, -0.25) is 4.99 Å². The number of methoxy groups -OCH3 is 1. The van der Waals surface area contributed by atoms with E-state index in [0.29, 0.717) is 12.5 Å². The quantitative estimate of drug-likeness (QED) is 0.448. The monoisotopic (exact) mass is 361 g/mol. The van der Waals surface area contributed by atoms with Crippen LogP contribution >= 0.6 is 0 Å². The average molecular weight is 361 g/mol. The summed E-state index contributed by atoms with van der Waals surface area (Å²) in [5.41, 5.74) is 1.77. The number of guanidine groups is 1. The fourth-order valence-corrected chi connectivity index (χ4v) is 2.63. The summed E-state index contributed by atoms with van der Waals surface area (Å²) in [6.45, 7) is 2.63. The Hall–Kier alpha value is -2.63. The molecule has 1 atom stereocenters. The van der Waals surface area contributed by atoms with Crippen LogP contribution in [0.25, 0.3) is 0 Å². The summed E-state index contributed by atoms with van der Waals surface area (Å²) >= 11 is 0. The molecule has 0 amide bonds. The van der Waals surface area contributed by atoms with Gasteiger partial charge in [0.15, 0.2) is 17.5 Å². The number of halogens is 2. The average Bonchev–Trinajstić information content (AvgIpc) is 2.64. The molecule has 0 spiro atoms. The second-order valence-corrected chi connectivity index (χ2v) is 5.99. The summed E-state index contributed by atoms with van der Waals surface area (Å²) in [5.74, 6) is 0.249. The number of benzene rings is 2. The van der Waals surface area contributed by atoms with Crippen molar-refractivity contribution in [3.63, 3.8) is 0 Å². The summed E-state index contributed by atoms with van der Waals surface area (Å²) in [6.07, 6.45) is 1.62. The molecule has 140 valence electrons. The third-order valence-electron chi connectivity index (χ3n) is 4.08. The van der Waals surface area contributed by atoms with Crippen molar-refractivity contribution in [3.8, 4) is 5.75 Å². The molecule has 26 heavy (non-hydrogen) atoms. The molecule has 0 aliphatic heterocycles. The van der Waals surface area contributed by atoms with Gasteiger partial charge in [0, 0.05) is 13.6 Å². The number of nitrogens with zero attached hydrogens (tertiary/aromatic N) is 1. The van der Waals surface area contributed by atoms with Crippen LogP contribution in [-0.4, -0.2) is 26.7 Å². The van der Waals surface area contributed by atoms with E-state index in [1.54, 1.807) is 25.2 Å². The minimum absolute atomic E-state index is 0.121. The summed E-state index contributed by atoms with van der Waals surface area (Å²) in [6, 6.07) is 11.4. The van der Waals surface area contributed by atoms with Crippen LogP contribution in [0.3, 0.4) is 0 Å². The van der Waals surface area contributed by atoms with E-state index in [4.69, 9.17) is 4.74 Å². The van der Waals surface area contributed by atoms with Crippen molar-refractivity contribution in [1.29, 1.82) is 0 Å². The lowest BCUT2D eigenvalue weighted by Crippen LogP contribution is -2.39. The van der Waals surface area contributed by atoms with E-state index in [1.807, 2.05) is 19.1 Å². The van der Waals surface area contributed by atoms with Crippen molar-refractivity contribution >= 4 is 5.96 Å². The number of ether oxygens (including phenoxy) is 1. The molecule has 2 rings (SSSR count). The maximum Gasteiger partial charge on any atom is 0.191 e. The van der Waals surface area contributed by atoms with Crippen molar-refractivity contribution in [2.45, 2.75) is 25.8 Å². The van der Waals surface area contributed by atoms with Crippen LogP contribution in [0, 0.1) is 11.6 Å². The summed E-state index contributed by atoms with van der Waals surface area (Å²) in [7, 11) is 3.12. The molecule has 0 aromatic heterocycles. The number of aryl methyl sites for hydroxylation is 1. The first-order chi connectivity index (χ1) is 12.5. The topological polar surface area (TPSA) is 45.7 Å². The lowest BCUT2D eigenvalue weighted by molar-refractivity contribution is 0.386. The van der Waals surface area contributed by atoms with Gasteiger partial charge in [-0.05, 0) is 55.2 Å². The largest absolute Gasteiger partial charge is 0.494 e. The third kappa shape index (κ3) is 5.72. The molecule has 0 bridgehead atoms. The van der Waals surface area contributed by atoms with Gasteiger partial charge in [0.1, 0.15) is 5.82 Å². The molecule has 0 aliphatic rings. The highest BCUT2D eigenvalue weighted by atomic mass is 19.1. The smallest absolute Gasteiger partial charge is 0.191 e. The molecular formula is C20H25F2N3O. The van der Waals surface area contributed by atoms with Crippen molar-refractivity contribution in [1.82, 2.24) is 10.6 Å². The van der Waals surface area contributed by atoms with Gasteiger partial charge >= 0.3 is 0 Å². The molecule has 2 N–H and O–H groups in total. The molecule has 1 unspecified atom stereocenters. The predicted molar refractivity (Wildman–Crippen MR) is 101 cm³/mol. The van der Waals surface area contributed by atoms with Crippen LogP contribution in [0.5, 0.6) is 5.75 Å². The highest BCUT2D eigenvalue weighted by Crippen LogP contribution is 2.21. The summed E-state index contributed by atoms with van der Waals surface area (Å²) in [4.78, 5) is 4.18. The zero-order valence-electron chi connectivity index (χ0n) is 15.4. The van der Waals surface area contributed by atoms with E-state index in [1.165, 1.54) is 19.2 Å². The van der Waals surface area contributed by atoms with Gasteiger partial charge in [0.25, 0.3) is 0 Å². The minimum atomic E-state index is -0.392. The summed E-state index contributed by atoms with van der Waals surface area (Å²) < 4.78 is 31.9. The molecular weight excluding hydrogens is 336 g/mol. The number of aliphatic imine (C=N–C) groups is 1. The first-order valence-corrected chi connectivity index (χ1v) is 8.58. The molecule has 0 radical (unpaired) electrons. The molecule has 0 aliphatic carbocycles. The Kier molecular flexibility index (Phi) is 7.38. The number of rotatable bonds is 7. The number of hydrogen-bond acceptors (Lipinski definition) is 2. The van der Waals surface area contributed by atoms with Crippen molar-refractivity contribution in [2.75, 3.05) is 20.7 Å². The molecule has 0 saturated heterocycles. The van der Waals surface area contributed by atoms with Crippen LogP contribution in [0.2, 0.25) is 0 Å². The highest BCUT2D eigenvalue weighted by molar-refractivity contribution is 5.80. The number of nitrogens with one attached hydrogen (secondary N) is 2. The van der Waals surface area contributed by atoms with E-state index in [2.05, 4.69) is 15.6 Å². The fourth-order valence-electron chi connectivity index (χ4n) is 2.63. The molecule has 0 heterocycles. The van der Waals surface area contributed by atoms with Gasteiger partial charge in [0.05, 0.1) is 13.2 Å². The Morgan fingerprint density at radius 2 is 2.00 bits per heavy atom. The minimum Gasteiger partial charge on any atom is -0.494 e. The Balaban J connectivity index is 1.82. The third-order valence-corrected chi connectivity index (χ3v) is 4.08. The Morgan fingerprint density at radius 3 is 2.65 bits per heavy atom. The molecule has 0 saturated carbocycles. The number of hydrogen-bond donors (Lipinski definition) is 2. The fraction of sp³-hybridized carbons (Fsp3) is 0.350. The van der Waals surface area contributed by atoms with Gasteiger partial charge in [-0.1, -0.05) is 18.2 Å². The molecule has 6 heteroatoms. The van der Waals surface area contributed by atoms with E-state index in [0.717, 1.165) is 24.0 Å². The Labute approximate surface area is 153 Å². The van der Waals surface area contributed by atoms with Crippen molar-refractivity contribution < 1.29 is 13.5 Å². The van der Waals surface area contributed by atoms with Crippen LogP contribution < -0.4 is 15.4 Å². The van der Waals surface area contributed by atoms with E-state index in [9.17, 15) is 8.78 Å². The first-order valence-electron chi connectivity index (χ1n) is 8.58. The highest BCUT2D eigenvalue weighted by Gasteiger charge is 2.11. The van der Waals surface area contributed by atoms with Crippen LogP contribution in [0.15, 0.2) is 47.5 Å². The molecule has 2 aromatic rings. The standard InChI is InChI=1S/C20H25F2N3O/c1-14(16-9-10-19(26-3)18(22)13-16)25-20(23-2)24-11-5-7-15-6-4-8-17(21)12-15/h4,6,8-10,12-14H,5,7,11H2,1-3H3,(H2,23,24,25). The normalized spacial score (nSPS) is 12.6. The second-order valence-electron chi connectivity index (χ2n) is 5.99. The second kappa shape index (κ2) is 9.75. The molecule has 2 aromatic carbocycles. The lowest BCUT2D eigenvalue weighted by Gasteiger charge is -2.19. The van der Waals surface area contributed by atoms with E-state index >= 15 is 0 Å². The van der Waals surface area contributed by atoms with Gasteiger partial charge in [-0.2, -0.15) is 0 Å². The lowest BCUT2D eigenvalue weighted by atomic mass is 10.1. The molecule has 0 fully saturated rings. The van der Waals surface area contributed by atoms with Gasteiger partial charge in [-0.25, -0.2) is 8.78 Å². The van der Waals surface area contributed by atoms with Crippen LogP contribution in [0.1, 0.15) is 30.5 Å². The van der Waals surface area contributed by atoms with Gasteiger partial charge in [-0.15, -0.1) is 0 Å². The molecule has 4 nitrogen and oxygen atoms in total. The Bertz CT molecular complexity index is 750.